The first-order chi connectivity index (χ1) is 15.3. The van der Waals surface area contributed by atoms with Crippen LogP contribution in [0.2, 0.25) is 0 Å². The highest BCUT2D eigenvalue weighted by atomic mass is 16.1. The lowest BCUT2D eigenvalue weighted by molar-refractivity contribution is -0.116. The van der Waals surface area contributed by atoms with Gasteiger partial charge in [0.2, 0.25) is 0 Å². The fourth-order valence-corrected chi connectivity index (χ4v) is 4.49. The molecule has 31 heavy (non-hydrogen) atoms. The number of carbonyl (C=O) groups is 1. The molecule has 0 saturated carbocycles. The van der Waals surface area contributed by atoms with Gasteiger partial charge in [0, 0.05) is 12.8 Å². The number of rotatable bonds is 27. The number of ketones is 1. The highest BCUT2D eigenvalue weighted by Gasteiger charge is 2.02. The van der Waals surface area contributed by atoms with Crippen LogP contribution in [0.1, 0.15) is 181 Å². The summed E-state index contributed by atoms with van der Waals surface area (Å²) in [6.07, 6.45) is 36.7. The van der Waals surface area contributed by atoms with Crippen LogP contribution in [-0.2, 0) is 4.79 Å². The van der Waals surface area contributed by atoms with Crippen LogP contribution in [-0.4, -0.2) is 5.78 Å². The Morgan fingerprint density at radius 1 is 0.419 bits per heavy atom. The molecule has 185 valence electrons. The summed E-state index contributed by atoms with van der Waals surface area (Å²) in [7, 11) is 0. The predicted octanol–water partition coefficient (Wildman–Crippen LogP) is 10.9. The van der Waals surface area contributed by atoms with E-state index in [1.165, 1.54) is 148 Å². The van der Waals surface area contributed by atoms with E-state index < -0.39 is 0 Å². The SMILES string of the molecule is CCCCCCCCCCCCCCC[CH]C(=O)CCCCCCCCCCCCC. The minimum atomic E-state index is 0.398. The third-order valence-electron chi connectivity index (χ3n) is 6.71. The third-order valence-corrected chi connectivity index (χ3v) is 6.71. The zero-order valence-electron chi connectivity index (χ0n) is 21.9. The normalized spacial score (nSPS) is 11.3. The molecule has 0 aliphatic carbocycles. The number of carbonyl (C=O) groups excluding carboxylic acids is 1. The second-order valence-electron chi connectivity index (χ2n) is 9.99. The Balaban J connectivity index is 3.13. The second kappa shape index (κ2) is 27.7. The lowest BCUT2D eigenvalue weighted by atomic mass is 10.0. The van der Waals surface area contributed by atoms with Gasteiger partial charge in [0.1, 0.15) is 5.78 Å². The Bertz CT molecular complexity index is 335. The highest BCUT2D eigenvalue weighted by molar-refractivity contribution is 5.86. The van der Waals surface area contributed by atoms with Gasteiger partial charge >= 0.3 is 0 Å². The van der Waals surface area contributed by atoms with Gasteiger partial charge in [-0.1, -0.05) is 162 Å². The van der Waals surface area contributed by atoms with E-state index in [0.29, 0.717) is 5.78 Å². The van der Waals surface area contributed by atoms with Gasteiger partial charge in [-0.05, 0) is 12.8 Å². The maximum atomic E-state index is 12.0. The van der Waals surface area contributed by atoms with Crippen LogP contribution in [0.3, 0.4) is 0 Å². The zero-order chi connectivity index (χ0) is 22.7. The van der Waals surface area contributed by atoms with E-state index >= 15 is 0 Å². The molecule has 1 heteroatoms. The fourth-order valence-electron chi connectivity index (χ4n) is 4.49. The van der Waals surface area contributed by atoms with E-state index in [2.05, 4.69) is 13.8 Å². The summed E-state index contributed by atoms with van der Waals surface area (Å²) >= 11 is 0. The van der Waals surface area contributed by atoms with Crippen LogP contribution in [0.25, 0.3) is 0 Å². The minimum Gasteiger partial charge on any atom is -0.299 e. The second-order valence-corrected chi connectivity index (χ2v) is 9.99. The number of hydrogen-bond donors (Lipinski definition) is 0. The monoisotopic (exact) mass is 435 g/mol. The minimum absolute atomic E-state index is 0.398. The van der Waals surface area contributed by atoms with Gasteiger partial charge in [0.05, 0.1) is 0 Å². The predicted molar refractivity (Wildman–Crippen MR) is 141 cm³/mol. The van der Waals surface area contributed by atoms with Gasteiger partial charge in [-0.15, -0.1) is 0 Å². The maximum Gasteiger partial charge on any atom is 0.136 e. The van der Waals surface area contributed by atoms with Crippen LogP contribution < -0.4 is 0 Å². The summed E-state index contributed by atoms with van der Waals surface area (Å²) in [4.78, 5) is 12.0. The van der Waals surface area contributed by atoms with E-state index in [-0.39, 0.29) is 0 Å². The molecule has 0 amide bonds. The molecule has 0 fully saturated rings. The molecule has 0 unspecified atom stereocenters. The van der Waals surface area contributed by atoms with Crippen LogP contribution >= 0.6 is 0 Å². The average molecular weight is 436 g/mol. The Morgan fingerprint density at radius 2 is 0.710 bits per heavy atom. The van der Waals surface area contributed by atoms with E-state index in [0.717, 1.165) is 19.3 Å². The molecule has 0 atom stereocenters. The van der Waals surface area contributed by atoms with Gasteiger partial charge in [-0.3, -0.25) is 4.79 Å². The first kappa shape index (κ1) is 30.7. The summed E-state index contributed by atoms with van der Waals surface area (Å²) in [5.74, 6) is 0.398. The lowest BCUT2D eigenvalue weighted by Crippen LogP contribution is -1.98. The van der Waals surface area contributed by atoms with Gasteiger partial charge in [0.25, 0.3) is 0 Å². The molecule has 0 aromatic rings. The first-order valence-electron chi connectivity index (χ1n) is 14.7. The molecule has 0 aliphatic heterocycles. The topological polar surface area (TPSA) is 17.1 Å². The van der Waals surface area contributed by atoms with Crippen molar-refractivity contribution in [1.82, 2.24) is 0 Å². The Kier molecular flexibility index (Phi) is 27.4. The molecule has 0 aromatic carbocycles. The third kappa shape index (κ3) is 27.6. The molecule has 0 N–H and O–H groups in total. The molecule has 0 saturated heterocycles. The zero-order valence-corrected chi connectivity index (χ0v) is 21.9. The van der Waals surface area contributed by atoms with Crippen molar-refractivity contribution in [3.05, 3.63) is 6.42 Å². The molecular weight excluding hydrogens is 376 g/mol. The lowest BCUT2D eigenvalue weighted by Gasteiger charge is -2.04. The number of Topliss-reactive ketones (excluding diaryl/α,β-unsaturated/α-hetero) is 1. The molecule has 0 bridgehead atoms. The van der Waals surface area contributed by atoms with E-state index in [4.69, 9.17) is 0 Å². The van der Waals surface area contributed by atoms with Crippen molar-refractivity contribution in [3.8, 4) is 0 Å². The van der Waals surface area contributed by atoms with Crippen LogP contribution in [0.15, 0.2) is 0 Å². The van der Waals surface area contributed by atoms with Gasteiger partial charge in [0.15, 0.2) is 0 Å². The van der Waals surface area contributed by atoms with Crippen LogP contribution in [0.4, 0.5) is 0 Å². The summed E-state index contributed by atoms with van der Waals surface area (Å²) < 4.78 is 0. The average Bonchev–Trinajstić information content (AvgIpc) is 2.77. The molecule has 0 aromatic heterocycles. The van der Waals surface area contributed by atoms with Crippen LogP contribution in [0, 0.1) is 6.42 Å². The maximum absolute atomic E-state index is 12.0. The van der Waals surface area contributed by atoms with Crippen molar-refractivity contribution in [2.45, 2.75) is 181 Å². The fraction of sp³-hybridized carbons (Fsp3) is 0.933. The van der Waals surface area contributed by atoms with Crippen molar-refractivity contribution in [1.29, 1.82) is 0 Å². The molecule has 1 radical (unpaired) electrons. The Hall–Kier alpha value is -0.330. The summed E-state index contributed by atoms with van der Waals surface area (Å²) in [5, 5.41) is 0. The standard InChI is InChI=1S/C30H59O/c1-3-5-7-9-11-13-15-16-17-19-21-23-25-27-29-30(31)28-26-24-22-20-18-14-12-10-8-6-4-2/h29H,3-28H2,1-2H3. The van der Waals surface area contributed by atoms with Crippen molar-refractivity contribution in [2.75, 3.05) is 0 Å². The molecule has 0 spiro atoms. The molecular formula is C30H59O. The van der Waals surface area contributed by atoms with Crippen molar-refractivity contribution in [3.63, 3.8) is 0 Å². The molecule has 1 nitrogen and oxygen atoms in total. The van der Waals surface area contributed by atoms with Gasteiger partial charge in [-0.2, -0.15) is 0 Å². The number of hydrogen-bond acceptors (Lipinski definition) is 1. The summed E-state index contributed by atoms with van der Waals surface area (Å²) in [6.45, 7) is 4.57. The Labute approximate surface area is 197 Å². The quantitative estimate of drug-likeness (QED) is 0.117. The largest absolute Gasteiger partial charge is 0.299 e. The Morgan fingerprint density at radius 3 is 1.06 bits per heavy atom. The molecule has 0 rings (SSSR count). The van der Waals surface area contributed by atoms with E-state index in [1.54, 1.807) is 0 Å². The van der Waals surface area contributed by atoms with Crippen molar-refractivity contribution >= 4 is 5.78 Å². The first-order valence-corrected chi connectivity index (χ1v) is 14.7. The highest BCUT2D eigenvalue weighted by Crippen LogP contribution is 2.15. The van der Waals surface area contributed by atoms with Gasteiger partial charge < -0.3 is 0 Å². The summed E-state index contributed by atoms with van der Waals surface area (Å²) in [6, 6.07) is 0. The van der Waals surface area contributed by atoms with E-state index in [1.807, 2.05) is 6.42 Å². The van der Waals surface area contributed by atoms with Crippen molar-refractivity contribution in [2.24, 2.45) is 0 Å². The molecule has 0 heterocycles. The van der Waals surface area contributed by atoms with E-state index in [9.17, 15) is 4.79 Å². The smallest absolute Gasteiger partial charge is 0.136 e. The van der Waals surface area contributed by atoms with Crippen molar-refractivity contribution < 1.29 is 4.79 Å². The summed E-state index contributed by atoms with van der Waals surface area (Å²) in [5.41, 5.74) is 0. The van der Waals surface area contributed by atoms with Crippen LogP contribution in [0.5, 0.6) is 0 Å². The molecule has 0 aliphatic rings. The number of unbranched alkanes of at least 4 members (excludes halogenated alkanes) is 23. The van der Waals surface area contributed by atoms with Gasteiger partial charge in [-0.25, -0.2) is 0 Å².